The van der Waals surface area contributed by atoms with E-state index in [9.17, 15) is 9.90 Å². The van der Waals surface area contributed by atoms with Gasteiger partial charge in [0, 0.05) is 17.8 Å². The minimum Gasteiger partial charge on any atom is -0.387 e. The highest BCUT2D eigenvalue weighted by Gasteiger charge is 2.12. The number of para-hydroxylation sites is 1. The number of fused-ring (bicyclic) bond motifs is 1. The standard InChI is InChI=1S/C19H20N2O2/c1-14-11-16-9-5-6-10-17(16)21(14)13-19(23)20-12-18(22)15-7-3-2-4-8-15/h2-11,18,22H,12-13H2,1H3,(H,20,23)/t18-/m1/s1. The van der Waals surface area contributed by atoms with E-state index in [-0.39, 0.29) is 19.0 Å². The molecule has 0 unspecified atom stereocenters. The normalized spacial score (nSPS) is 12.3. The summed E-state index contributed by atoms with van der Waals surface area (Å²) in [6, 6.07) is 19.4. The number of aliphatic hydroxyl groups excluding tert-OH is 1. The second-order valence-electron chi connectivity index (χ2n) is 5.66. The zero-order valence-corrected chi connectivity index (χ0v) is 13.1. The Kier molecular flexibility index (Phi) is 4.44. The largest absolute Gasteiger partial charge is 0.387 e. The van der Waals surface area contributed by atoms with Gasteiger partial charge in [-0.05, 0) is 30.0 Å². The van der Waals surface area contributed by atoms with E-state index in [0.29, 0.717) is 0 Å². The highest BCUT2D eigenvalue weighted by Crippen LogP contribution is 2.19. The van der Waals surface area contributed by atoms with E-state index in [2.05, 4.69) is 11.4 Å². The quantitative estimate of drug-likeness (QED) is 0.761. The van der Waals surface area contributed by atoms with Gasteiger partial charge >= 0.3 is 0 Å². The molecule has 0 bridgehead atoms. The minimum absolute atomic E-state index is 0.107. The first-order valence-corrected chi connectivity index (χ1v) is 7.70. The lowest BCUT2D eigenvalue weighted by Gasteiger charge is -2.13. The second-order valence-corrected chi connectivity index (χ2v) is 5.66. The molecule has 0 fully saturated rings. The zero-order valence-electron chi connectivity index (χ0n) is 13.1. The molecule has 0 spiro atoms. The smallest absolute Gasteiger partial charge is 0.240 e. The van der Waals surface area contributed by atoms with Gasteiger partial charge in [0.05, 0.1) is 6.10 Å². The molecule has 0 saturated carbocycles. The predicted molar refractivity (Wildman–Crippen MR) is 91.1 cm³/mol. The van der Waals surface area contributed by atoms with Crippen LogP contribution in [-0.4, -0.2) is 22.1 Å². The Labute approximate surface area is 135 Å². The molecule has 2 N–H and O–H groups in total. The van der Waals surface area contributed by atoms with Crippen molar-refractivity contribution < 1.29 is 9.90 Å². The number of benzene rings is 2. The molecular weight excluding hydrogens is 288 g/mol. The van der Waals surface area contributed by atoms with E-state index < -0.39 is 6.10 Å². The van der Waals surface area contributed by atoms with Gasteiger partial charge < -0.3 is 15.0 Å². The third kappa shape index (κ3) is 3.43. The first-order chi connectivity index (χ1) is 11.1. The first-order valence-electron chi connectivity index (χ1n) is 7.70. The molecular formula is C19H20N2O2. The number of rotatable bonds is 5. The number of carbonyl (C=O) groups excluding carboxylic acids is 1. The van der Waals surface area contributed by atoms with Gasteiger partial charge in [-0.25, -0.2) is 0 Å². The van der Waals surface area contributed by atoms with Crippen LogP contribution < -0.4 is 5.32 Å². The number of nitrogens with one attached hydrogen (secondary N) is 1. The molecule has 1 amide bonds. The monoisotopic (exact) mass is 308 g/mol. The van der Waals surface area contributed by atoms with Crippen molar-refractivity contribution >= 4 is 16.8 Å². The number of amides is 1. The fourth-order valence-electron chi connectivity index (χ4n) is 2.76. The summed E-state index contributed by atoms with van der Waals surface area (Å²) in [5.41, 5.74) is 2.89. The van der Waals surface area contributed by atoms with Crippen LogP contribution in [0.4, 0.5) is 0 Å². The van der Waals surface area contributed by atoms with Gasteiger partial charge in [-0.15, -0.1) is 0 Å². The molecule has 0 aliphatic carbocycles. The van der Waals surface area contributed by atoms with Crippen LogP contribution in [0.25, 0.3) is 10.9 Å². The van der Waals surface area contributed by atoms with Gasteiger partial charge in [0.2, 0.25) is 5.91 Å². The first kappa shape index (κ1) is 15.3. The summed E-state index contributed by atoms with van der Waals surface area (Å²) in [5.74, 6) is -0.107. The topological polar surface area (TPSA) is 54.3 Å². The van der Waals surface area contributed by atoms with Crippen molar-refractivity contribution in [2.75, 3.05) is 6.54 Å². The Balaban J connectivity index is 1.64. The van der Waals surface area contributed by atoms with Crippen molar-refractivity contribution in [2.45, 2.75) is 19.6 Å². The number of hydrogen-bond acceptors (Lipinski definition) is 2. The molecule has 23 heavy (non-hydrogen) atoms. The van der Waals surface area contributed by atoms with E-state index >= 15 is 0 Å². The van der Waals surface area contributed by atoms with Gasteiger partial charge in [0.1, 0.15) is 6.54 Å². The van der Waals surface area contributed by atoms with E-state index in [1.807, 2.05) is 66.1 Å². The number of aryl methyl sites for hydroxylation is 1. The van der Waals surface area contributed by atoms with E-state index in [4.69, 9.17) is 0 Å². The Morgan fingerprint density at radius 3 is 2.61 bits per heavy atom. The summed E-state index contributed by atoms with van der Waals surface area (Å²) >= 11 is 0. The molecule has 4 heteroatoms. The maximum atomic E-state index is 12.2. The third-order valence-corrected chi connectivity index (χ3v) is 4.00. The molecule has 1 heterocycles. The summed E-state index contributed by atoms with van der Waals surface area (Å²) in [6.45, 7) is 2.45. The predicted octanol–water partition coefficient (Wildman–Crippen LogP) is 2.80. The second kappa shape index (κ2) is 6.67. The Morgan fingerprint density at radius 1 is 1.13 bits per heavy atom. The number of aliphatic hydroxyl groups is 1. The lowest BCUT2D eigenvalue weighted by Crippen LogP contribution is -2.31. The number of hydrogen-bond donors (Lipinski definition) is 2. The fraction of sp³-hybridized carbons (Fsp3) is 0.211. The average molecular weight is 308 g/mol. The van der Waals surface area contributed by atoms with Crippen LogP contribution in [0.5, 0.6) is 0 Å². The van der Waals surface area contributed by atoms with Crippen LogP contribution in [0.2, 0.25) is 0 Å². The van der Waals surface area contributed by atoms with Gasteiger partial charge in [-0.2, -0.15) is 0 Å². The van der Waals surface area contributed by atoms with Crippen LogP contribution in [0.1, 0.15) is 17.4 Å². The van der Waals surface area contributed by atoms with Crippen molar-refractivity contribution in [3.05, 3.63) is 71.9 Å². The van der Waals surface area contributed by atoms with Crippen LogP contribution in [0.3, 0.4) is 0 Å². The summed E-state index contributed by atoms with van der Waals surface area (Å²) in [4.78, 5) is 12.2. The van der Waals surface area contributed by atoms with E-state index in [1.165, 1.54) is 0 Å². The maximum Gasteiger partial charge on any atom is 0.240 e. The highest BCUT2D eigenvalue weighted by molar-refractivity contribution is 5.84. The van der Waals surface area contributed by atoms with Crippen molar-refractivity contribution in [3.63, 3.8) is 0 Å². The molecule has 118 valence electrons. The Hall–Kier alpha value is -2.59. The molecule has 1 atom stereocenters. The van der Waals surface area contributed by atoms with Gasteiger partial charge in [0.15, 0.2) is 0 Å². The third-order valence-electron chi connectivity index (χ3n) is 4.00. The zero-order chi connectivity index (χ0) is 16.2. The molecule has 4 nitrogen and oxygen atoms in total. The molecule has 1 aromatic heterocycles. The number of aromatic nitrogens is 1. The van der Waals surface area contributed by atoms with E-state index in [1.54, 1.807) is 0 Å². The van der Waals surface area contributed by atoms with Crippen LogP contribution in [0, 0.1) is 6.92 Å². The molecule has 0 aliphatic heterocycles. The van der Waals surface area contributed by atoms with Crippen LogP contribution in [-0.2, 0) is 11.3 Å². The molecule has 3 rings (SSSR count). The van der Waals surface area contributed by atoms with Crippen molar-refractivity contribution in [3.8, 4) is 0 Å². The molecule has 0 radical (unpaired) electrons. The molecule has 0 saturated heterocycles. The maximum absolute atomic E-state index is 12.2. The summed E-state index contributed by atoms with van der Waals surface area (Å²) in [5, 5.41) is 14.0. The van der Waals surface area contributed by atoms with Crippen LogP contribution >= 0.6 is 0 Å². The Morgan fingerprint density at radius 2 is 1.83 bits per heavy atom. The van der Waals surface area contributed by atoms with Gasteiger partial charge in [0.25, 0.3) is 0 Å². The average Bonchev–Trinajstić information content (AvgIpc) is 2.89. The van der Waals surface area contributed by atoms with E-state index in [0.717, 1.165) is 22.2 Å². The van der Waals surface area contributed by atoms with Gasteiger partial charge in [-0.1, -0.05) is 48.5 Å². The SMILES string of the molecule is Cc1cc2ccccc2n1CC(=O)NC[C@@H](O)c1ccccc1. The minimum atomic E-state index is -0.692. The summed E-state index contributed by atoms with van der Waals surface area (Å²) < 4.78 is 1.99. The molecule has 0 aliphatic rings. The lowest BCUT2D eigenvalue weighted by molar-refractivity contribution is -0.122. The lowest BCUT2D eigenvalue weighted by atomic mass is 10.1. The molecule has 3 aromatic rings. The molecule has 2 aromatic carbocycles. The van der Waals surface area contributed by atoms with Crippen molar-refractivity contribution in [1.29, 1.82) is 0 Å². The van der Waals surface area contributed by atoms with Gasteiger partial charge in [-0.3, -0.25) is 4.79 Å². The number of nitrogens with zero attached hydrogens (tertiary/aromatic N) is 1. The van der Waals surface area contributed by atoms with Crippen molar-refractivity contribution in [2.24, 2.45) is 0 Å². The van der Waals surface area contributed by atoms with Crippen LogP contribution in [0.15, 0.2) is 60.7 Å². The summed E-state index contributed by atoms with van der Waals surface area (Å²) in [6.07, 6.45) is -0.692. The highest BCUT2D eigenvalue weighted by atomic mass is 16.3. The fourth-order valence-corrected chi connectivity index (χ4v) is 2.76. The van der Waals surface area contributed by atoms with Crippen molar-refractivity contribution in [1.82, 2.24) is 9.88 Å². The number of carbonyl (C=O) groups is 1. The summed E-state index contributed by atoms with van der Waals surface area (Å²) in [7, 11) is 0. The Bertz CT molecular complexity index is 809.